The van der Waals surface area contributed by atoms with E-state index in [4.69, 9.17) is 9.47 Å². The number of ether oxygens (including phenoxy) is 2. The quantitative estimate of drug-likeness (QED) is 0.704. The standard InChI is InChI=1S/C15H24BrNO2/c1-4-17-14(6-5-9-18-2)11-12-10-13(16)7-8-15(12)19-3/h7-8,10,14,17H,4-6,9,11H2,1-3H3. The van der Waals surface area contributed by atoms with Crippen molar-refractivity contribution in [3.05, 3.63) is 28.2 Å². The van der Waals surface area contributed by atoms with Crippen molar-refractivity contribution in [1.29, 1.82) is 0 Å². The zero-order valence-electron chi connectivity index (χ0n) is 12.0. The molecule has 0 saturated carbocycles. The van der Waals surface area contributed by atoms with E-state index < -0.39 is 0 Å². The van der Waals surface area contributed by atoms with Gasteiger partial charge in [-0.25, -0.2) is 0 Å². The lowest BCUT2D eigenvalue weighted by molar-refractivity contribution is 0.188. The lowest BCUT2D eigenvalue weighted by atomic mass is 10.0. The van der Waals surface area contributed by atoms with E-state index in [2.05, 4.69) is 34.2 Å². The topological polar surface area (TPSA) is 30.5 Å². The Hall–Kier alpha value is -0.580. The summed E-state index contributed by atoms with van der Waals surface area (Å²) in [5.41, 5.74) is 1.24. The summed E-state index contributed by atoms with van der Waals surface area (Å²) in [6.07, 6.45) is 3.15. The molecule has 0 aliphatic rings. The molecule has 1 unspecified atom stereocenters. The van der Waals surface area contributed by atoms with E-state index in [0.717, 1.165) is 42.6 Å². The van der Waals surface area contributed by atoms with E-state index in [1.807, 2.05) is 12.1 Å². The molecule has 3 nitrogen and oxygen atoms in total. The van der Waals surface area contributed by atoms with Crippen LogP contribution in [0.15, 0.2) is 22.7 Å². The van der Waals surface area contributed by atoms with E-state index in [0.29, 0.717) is 6.04 Å². The van der Waals surface area contributed by atoms with Gasteiger partial charge >= 0.3 is 0 Å². The number of likely N-dealkylation sites (N-methyl/N-ethyl adjacent to an activating group) is 1. The van der Waals surface area contributed by atoms with Crippen LogP contribution in [0.4, 0.5) is 0 Å². The van der Waals surface area contributed by atoms with Crippen LogP contribution in [0.5, 0.6) is 5.75 Å². The molecule has 0 bridgehead atoms. The Labute approximate surface area is 124 Å². The van der Waals surface area contributed by atoms with Gasteiger partial charge < -0.3 is 14.8 Å². The fourth-order valence-corrected chi connectivity index (χ4v) is 2.62. The minimum absolute atomic E-state index is 0.461. The lowest BCUT2D eigenvalue weighted by Crippen LogP contribution is -2.31. The number of benzene rings is 1. The molecule has 0 aliphatic carbocycles. The molecule has 0 amide bonds. The van der Waals surface area contributed by atoms with Gasteiger partial charge in [0, 0.05) is 24.2 Å². The largest absolute Gasteiger partial charge is 0.496 e. The average molecular weight is 330 g/mol. The fourth-order valence-electron chi connectivity index (χ4n) is 2.21. The first-order chi connectivity index (χ1) is 9.21. The van der Waals surface area contributed by atoms with E-state index in [9.17, 15) is 0 Å². The minimum Gasteiger partial charge on any atom is -0.496 e. The van der Waals surface area contributed by atoms with Crippen molar-refractivity contribution < 1.29 is 9.47 Å². The summed E-state index contributed by atoms with van der Waals surface area (Å²) in [6.45, 7) is 3.94. The third kappa shape index (κ3) is 5.93. The minimum atomic E-state index is 0.461. The van der Waals surface area contributed by atoms with E-state index >= 15 is 0 Å². The first kappa shape index (κ1) is 16.5. The number of hydrogen-bond acceptors (Lipinski definition) is 3. The van der Waals surface area contributed by atoms with Gasteiger partial charge in [0.25, 0.3) is 0 Å². The van der Waals surface area contributed by atoms with Crippen molar-refractivity contribution in [3.63, 3.8) is 0 Å². The molecule has 4 heteroatoms. The normalized spacial score (nSPS) is 12.4. The Morgan fingerprint density at radius 3 is 2.74 bits per heavy atom. The van der Waals surface area contributed by atoms with Crippen LogP contribution in [-0.4, -0.2) is 33.4 Å². The van der Waals surface area contributed by atoms with E-state index in [1.54, 1.807) is 14.2 Å². The van der Waals surface area contributed by atoms with Crippen LogP contribution in [0.1, 0.15) is 25.3 Å². The summed E-state index contributed by atoms with van der Waals surface area (Å²) in [5, 5.41) is 3.53. The van der Waals surface area contributed by atoms with Crippen LogP contribution >= 0.6 is 15.9 Å². The molecular formula is C15H24BrNO2. The maximum Gasteiger partial charge on any atom is 0.122 e. The van der Waals surface area contributed by atoms with Crippen molar-refractivity contribution in [1.82, 2.24) is 5.32 Å². The van der Waals surface area contributed by atoms with E-state index in [1.165, 1.54) is 5.56 Å². The third-order valence-corrected chi connectivity index (χ3v) is 3.60. The summed E-state index contributed by atoms with van der Waals surface area (Å²) < 4.78 is 11.6. The highest BCUT2D eigenvalue weighted by atomic mass is 79.9. The molecule has 0 saturated heterocycles. The van der Waals surface area contributed by atoms with Crippen LogP contribution in [0, 0.1) is 0 Å². The van der Waals surface area contributed by atoms with Gasteiger partial charge in [-0.1, -0.05) is 22.9 Å². The van der Waals surface area contributed by atoms with Gasteiger partial charge in [-0.15, -0.1) is 0 Å². The predicted octanol–water partition coefficient (Wildman–Crippen LogP) is 3.40. The Morgan fingerprint density at radius 1 is 1.32 bits per heavy atom. The van der Waals surface area contributed by atoms with Gasteiger partial charge in [-0.05, 0) is 49.6 Å². The molecule has 19 heavy (non-hydrogen) atoms. The second kappa shape index (κ2) is 9.34. The Kier molecular flexibility index (Phi) is 8.10. The Balaban J connectivity index is 2.68. The first-order valence-corrected chi connectivity index (χ1v) is 7.55. The van der Waals surface area contributed by atoms with Gasteiger partial charge in [0.15, 0.2) is 0 Å². The van der Waals surface area contributed by atoms with Gasteiger partial charge in [0.05, 0.1) is 7.11 Å². The number of hydrogen-bond donors (Lipinski definition) is 1. The predicted molar refractivity (Wildman–Crippen MR) is 83.0 cm³/mol. The zero-order valence-corrected chi connectivity index (χ0v) is 13.6. The molecule has 1 atom stereocenters. The van der Waals surface area contributed by atoms with Crippen molar-refractivity contribution in [3.8, 4) is 5.75 Å². The molecule has 0 aromatic heterocycles. The molecule has 1 aromatic rings. The first-order valence-electron chi connectivity index (χ1n) is 6.76. The molecule has 108 valence electrons. The van der Waals surface area contributed by atoms with Crippen LogP contribution in [-0.2, 0) is 11.2 Å². The summed E-state index contributed by atoms with van der Waals surface area (Å²) in [5.74, 6) is 0.956. The monoisotopic (exact) mass is 329 g/mol. The van der Waals surface area contributed by atoms with Crippen molar-refractivity contribution in [2.24, 2.45) is 0 Å². The highest BCUT2D eigenvalue weighted by molar-refractivity contribution is 9.10. The second-order valence-corrected chi connectivity index (χ2v) is 5.47. The zero-order chi connectivity index (χ0) is 14.1. The summed E-state index contributed by atoms with van der Waals surface area (Å²) in [6, 6.07) is 6.62. The molecule has 1 rings (SSSR count). The van der Waals surface area contributed by atoms with Gasteiger partial charge in [0.1, 0.15) is 5.75 Å². The number of methoxy groups -OCH3 is 2. The van der Waals surface area contributed by atoms with Crippen molar-refractivity contribution >= 4 is 15.9 Å². The maximum absolute atomic E-state index is 5.43. The molecule has 1 N–H and O–H groups in total. The molecule has 0 fully saturated rings. The molecule has 0 spiro atoms. The maximum atomic E-state index is 5.43. The third-order valence-electron chi connectivity index (χ3n) is 3.10. The molecular weight excluding hydrogens is 306 g/mol. The van der Waals surface area contributed by atoms with E-state index in [-0.39, 0.29) is 0 Å². The van der Waals surface area contributed by atoms with Gasteiger partial charge in [0.2, 0.25) is 0 Å². The molecule has 0 heterocycles. The van der Waals surface area contributed by atoms with Crippen LogP contribution < -0.4 is 10.1 Å². The van der Waals surface area contributed by atoms with Crippen LogP contribution in [0.2, 0.25) is 0 Å². The Bertz CT molecular complexity index is 371. The number of rotatable bonds is 9. The SMILES string of the molecule is CCNC(CCCOC)Cc1cc(Br)ccc1OC. The molecule has 0 aliphatic heterocycles. The van der Waals surface area contributed by atoms with Crippen molar-refractivity contribution in [2.75, 3.05) is 27.4 Å². The van der Waals surface area contributed by atoms with Crippen molar-refractivity contribution in [2.45, 2.75) is 32.2 Å². The smallest absolute Gasteiger partial charge is 0.122 e. The van der Waals surface area contributed by atoms with Crippen LogP contribution in [0.3, 0.4) is 0 Å². The highest BCUT2D eigenvalue weighted by Crippen LogP contribution is 2.24. The van der Waals surface area contributed by atoms with Crippen LogP contribution in [0.25, 0.3) is 0 Å². The molecule has 1 aromatic carbocycles. The second-order valence-electron chi connectivity index (χ2n) is 4.55. The highest BCUT2D eigenvalue weighted by Gasteiger charge is 2.12. The number of nitrogens with one attached hydrogen (secondary N) is 1. The fraction of sp³-hybridized carbons (Fsp3) is 0.600. The Morgan fingerprint density at radius 2 is 2.11 bits per heavy atom. The summed E-state index contributed by atoms with van der Waals surface area (Å²) in [7, 11) is 3.47. The van der Waals surface area contributed by atoms with Gasteiger partial charge in [-0.3, -0.25) is 0 Å². The lowest BCUT2D eigenvalue weighted by Gasteiger charge is -2.19. The summed E-state index contributed by atoms with van der Waals surface area (Å²) in [4.78, 5) is 0. The molecule has 0 radical (unpaired) electrons. The average Bonchev–Trinajstić information content (AvgIpc) is 2.39. The van der Waals surface area contributed by atoms with Gasteiger partial charge in [-0.2, -0.15) is 0 Å². The summed E-state index contributed by atoms with van der Waals surface area (Å²) >= 11 is 3.52. The number of halogens is 1.